The van der Waals surface area contributed by atoms with Crippen molar-refractivity contribution in [2.75, 3.05) is 14.2 Å². The third-order valence-corrected chi connectivity index (χ3v) is 3.90. The molecule has 0 aliphatic heterocycles. The van der Waals surface area contributed by atoms with Gasteiger partial charge in [0.25, 0.3) is 0 Å². The molecule has 2 aromatic carbocycles. The van der Waals surface area contributed by atoms with Crippen LogP contribution in [0.1, 0.15) is 28.7 Å². The Morgan fingerprint density at radius 1 is 0.955 bits per heavy atom. The van der Waals surface area contributed by atoms with Crippen molar-refractivity contribution in [3.05, 3.63) is 70.2 Å². The number of halogens is 1. The minimum atomic E-state index is -0.531. The molecule has 0 bridgehead atoms. The summed E-state index contributed by atoms with van der Waals surface area (Å²) in [4.78, 5) is 12.3. The van der Waals surface area contributed by atoms with Crippen LogP contribution in [0.4, 0.5) is 0 Å². The molecule has 0 aromatic heterocycles. The zero-order chi connectivity index (χ0) is 16.1. The van der Waals surface area contributed by atoms with Crippen LogP contribution in [0, 0.1) is 6.92 Å². The number of carbonyl (C=O) groups is 1. The number of benzene rings is 2. The molecule has 0 radical (unpaired) electrons. The second-order valence-electron chi connectivity index (χ2n) is 5.12. The van der Waals surface area contributed by atoms with Gasteiger partial charge >= 0.3 is 5.97 Å². The van der Waals surface area contributed by atoms with E-state index in [0.717, 1.165) is 16.7 Å². The summed E-state index contributed by atoms with van der Waals surface area (Å²) in [6.07, 6.45) is -0.438. The molecule has 116 valence electrons. The molecule has 0 unspecified atom stereocenters. The van der Waals surface area contributed by atoms with Gasteiger partial charge in [0.15, 0.2) is 0 Å². The van der Waals surface area contributed by atoms with Crippen LogP contribution >= 0.6 is 11.6 Å². The molecule has 0 aliphatic carbocycles. The number of methoxy groups -OCH3 is 2. The molecule has 0 aliphatic rings. The fourth-order valence-electron chi connectivity index (χ4n) is 2.45. The summed E-state index contributed by atoms with van der Waals surface area (Å²) in [6.45, 7) is 2.00. The standard InChI is InChI=1S/C18H19ClO3/c1-12-4-6-13(7-5-12)16(18(20)22-3)17(21-2)14-8-10-15(19)11-9-14/h4-11,16-17H,1-3H3/t16-,17+/m1/s1. The van der Waals surface area contributed by atoms with Crippen LogP contribution in [0.2, 0.25) is 5.02 Å². The normalized spacial score (nSPS) is 13.5. The molecule has 4 heteroatoms. The molecule has 0 amide bonds. The quantitative estimate of drug-likeness (QED) is 0.771. The van der Waals surface area contributed by atoms with Crippen molar-refractivity contribution in [2.24, 2.45) is 0 Å². The van der Waals surface area contributed by atoms with E-state index in [1.165, 1.54) is 7.11 Å². The molecule has 0 spiro atoms. The van der Waals surface area contributed by atoms with Gasteiger partial charge in [-0.2, -0.15) is 0 Å². The Kier molecular flexibility index (Phi) is 5.58. The van der Waals surface area contributed by atoms with Gasteiger partial charge in [0, 0.05) is 12.1 Å². The smallest absolute Gasteiger partial charge is 0.316 e. The Morgan fingerprint density at radius 2 is 1.50 bits per heavy atom. The summed E-state index contributed by atoms with van der Waals surface area (Å²) in [6, 6.07) is 15.1. The molecule has 2 aromatic rings. The number of hydrogen-bond donors (Lipinski definition) is 0. The van der Waals surface area contributed by atoms with Crippen molar-refractivity contribution in [3.8, 4) is 0 Å². The zero-order valence-corrected chi connectivity index (χ0v) is 13.6. The van der Waals surface area contributed by atoms with E-state index in [4.69, 9.17) is 21.1 Å². The third-order valence-electron chi connectivity index (χ3n) is 3.65. The lowest BCUT2D eigenvalue weighted by Gasteiger charge is -2.25. The molecule has 0 heterocycles. The summed E-state index contributed by atoms with van der Waals surface area (Å²) in [5.74, 6) is -0.859. The lowest BCUT2D eigenvalue weighted by Crippen LogP contribution is -2.23. The lowest BCUT2D eigenvalue weighted by molar-refractivity contribution is -0.146. The Morgan fingerprint density at radius 3 is 2.00 bits per heavy atom. The number of rotatable bonds is 5. The second-order valence-corrected chi connectivity index (χ2v) is 5.56. The highest BCUT2D eigenvalue weighted by molar-refractivity contribution is 6.30. The van der Waals surface area contributed by atoms with Crippen molar-refractivity contribution in [1.29, 1.82) is 0 Å². The van der Waals surface area contributed by atoms with E-state index in [9.17, 15) is 4.79 Å². The number of aryl methyl sites for hydroxylation is 1. The van der Waals surface area contributed by atoms with E-state index in [0.29, 0.717) is 5.02 Å². The van der Waals surface area contributed by atoms with Gasteiger partial charge in [-0.05, 0) is 30.2 Å². The predicted octanol–water partition coefficient (Wildman–Crippen LogP) is 4.29. The molecule has 0 saturated carbocycles. The highest BCUT2D eigenvalue weighted by Crippen LogP contribution is 2.35. The number of esters is 1. The first-order valence-electron chi connectivity index (χ1n) is 6.99. The van der Waals surface area contributed by atoms with E-state index in [2.05, 4.69) is 0 Å². The molecule has 0 saturated heterocycles. The topological polar surface area (TPSA) is 35.5 Å². The van der Waals surface area contributed by atoms with Crippen LogP contribution in [0.3, 0.4) is 0 Å². The van der Waals surface area contributed by atoms with Crippen molar-refractivity contribution in [1.82, 2.24) is 0 Å². The van der Waals surface area contributed by atoms with Crippen LogP contribution in [0.25, 0.3) is 0 Å². The monoisotopic (exact) mass is 318 g/mol. The largest absolute Gasteiger partial charge is 0.468 e. The highest BCUT2D eigenvalue weighted by atomic mass is 35.5. The molecule has 0 fully saturated rings. The van der Waals surface area contributed by atoms with E-state index < -0.39 is 12.0 Å². The van der Waals surface area contributed by atoms with Gasteiger partial charge in [-0.1, -0.05) is 53.6 Å². The third kappa shape index (κ3) is 3.67. The molecule has 2 rings (SSSR count). The van der Waals surface area contributed by atoms with Crippen molar-refractivity contribution in [3.63, 3.8) is 0 Å². The minimum Gasteiger partial charge on any atom is -0.468 e. The zero-order valence-electron chi connectivity index (χ0n) is 12.9. The molecular formula is C18H19ClO3. The molecule has 2 atom stereocenters. The summed E-state index contributed by atoms with van der Waals surface area (Å²) in [7, 11) is 2.97. The van der Waals surface area contributed by atoms with E-state index >= 15 is 0 Å². The highest BCUT2D eigenvalue weighted by Gasteiger charge is 2.32. The van der Waals surface area contributed by atoms with Gasteiger partial charge in [0.1, 0.15) is 5.92 Å². The maximum atomic E-state index is 12.3. The fraction of sp³-hybridized carbons (Fsp3) is 0.278. The molecule has 0 N–H and O–H groups in total. The average molecular weight is 319 g/mol. The van der Waals surface area contributed by atoms with Crippen LogP contribution in [-0.4, -0.2) is 20.2 Å². The first-order valence-corrected chi connectivity index (χ1v) is 7.37. The molecule has 3 nitrogen and oxygen atoms in total. The number of hydrogen-bond acceptors (Lipinski definition) is 3. The summed E-state index contributed by atoms with van der Waals surface area (Å²) in [5, 5.41) is 0.642. The Bertz CT molecular complexity index is 620. The molecular weight excluding hydrogens is 300 g/mol. The first-order chi connectivity index (χ1) is 10.6. The Labute approximate surface area is 135 Å². The first kappa shape index (κ1) is 16.5. The maximum absolute atomic E-state index is 12.3. The van der Waals surface area contributed by atoms with Gasteiger partial charge in [-0.25, -0.2) is 0 Å². The second kappa shape index (κ2) is 7.43. The summed E-state index contributed by atoms with van der Waals surface area (Å²) < 4.78 is 10.6. The SMILES string of the molecule is COC(=O)[C@H](c1ccc(C)cc1)[C@@H](OC)c1ccc(Cl)cc1. The fourth-order valence-corrected chi connectivity index (χ4v) is 2.58. The average Bonchev–Trinajstić information content (AvgIpc) is 2.54. The van der Waals surface area contributed by atoms with Crippen LogP contribution < -0.4 is 0 Å². The van der Waals surface area contributed by atoms with Crippen molar-refractivity contribution >= 4 is 17.6 Å². The van der Waals surface area contributed by atoms with Gasteiger partial charge < -0.3 is 9.47 Å². The van der Waals surface area contributed by atoms with Gasteiger partial charge in [-0.3, -0.25) is 4.79 Å². The maximum Gasteiger partial charge on any atom is 0.316 e. The minimum absolute atomic E-state index is 0.328. The van der Waals surface area contributed by atoms with E-state index in [1.54, 1.807) is 19.2 Å². The van der Waals surface area contributed by atoms with E-state index in [1.807, 2.05) is 43.3 Å². The van der Waals surface area contributed by atoms with Crippen molar-refractivity contribution in [2.45, 2.75) is 18.9 Å². The van der Waals surface area contributed by atoms with Crippen LogP contribution in [0.15, 0.2) is 48.5 Å². The van der Waals surface area contributed by atoms with Gasteiger partial charge in [0.2, 0.25) is 0 Å². The Hall–Kier alpha value is -1.84. The Balaban J connectivity index is 2.44. The van der Waals surface area contributed by atoms with Gasteiger partial charge in [-0.15, -0.1) is 0 Å². The molecule has 22 heavy (non-hydrogen) atoms. The summed E-state index contributed by atoms with van der Waals surface area (Å²) >= 11 is 5.93. The van der Waals surface area contributed by atoms with Crippen LogP contribution in [-0.2, 0) is 14.3 Å². The van der Waals surface area contributed by atoms with Crippen LogP contribution in [0.5, 0.6) is 0 Å². The number of ether oxygens (including phenoxy) is 2. The summed E-state index contributed by atoms with van der Waals surface area (Å²) in [5.41, 5.74) is 2.87. The number of carbonyl (C=O) groups excluding carboxylic acids is 1. The lowest BCUT2D eigenvalue weighted by atomic mass is 9.88. The van der Waals surface area contributed by atoms with Crippen molar-refractivity contribution < 1.29 is 14.3 Å². The predicted molar refractivity (Wildman–Crippen MR) is 87.1 cm³/mol. The van der Waals surface area contributed by atoms with Gasteiger partial charge in [0.05, 0.1) is 13.2 Å². The van der Waals surface area contributed by atoms with E-state index in [-0.39, 0.29) is 5.97 Å².